The Morgan fingerprint density at radius 3 is 2.53 bits per heavy atom. The van der Waals surface area contributed by atoms with Crippen LogP contribution in [-0.2, 0) is 9.47 Å². The Morgan fingerprint density at radius 2 is 1.53 bits per heavy atom. The summed E-state index contributed by atoms with van der Waals surface area (Å²) in [5.74, 6) is 8.38. The largest absolute Gasteiger partial charge is 0.369 e. The molecule has 0 amide bonds. The average molecular weight is 230 g/mol. The van der Waals surface area contributed by atoms with E-state index in [1.807, 2.05) is 0 Å². The average Bonchev–Trinajstić information content (AvgIpc) is 3.12. The van der Waals surface area contributed by atoms with Gasteiger partial charge in [0.1, 0.15) is 0 Å². The summed E-state index contributed by atoms with van der Waals surface area (Å²) >= 11 is 0. The van der Waals surface area contributed by atoms with E-state index in [4.69, 9.17) is 9.47 Å². The van der Waals surface area contributed by atoms with Crippen LogP contribution in [0, 0.1) is 47.3 Å². The summed E-state index contributed by atoms with van der Waals surface area (Å²) in [6.07, 6.45) is 7.39. The summed E-state index contributed by atoms with van der Waals surface area (Å²) in [5.41, 5.74) is 0. The minimum atomic E-state index is 0.699. The van der Waals surface area contributed by atoms with Crippen LogP contribution in [0.1, 0.15) is 19.3 Å². The smallest absolute Gasteiger partial charge is 0.0879 e. The van der Waals surface area contributed by atoms with Crippen molar-refractivity contribution in [2.75, 3.05) is 0 Å². The lowest BCUT2D eigenvalue weighted by atomic mass is 9.46. The third-order valence-corrected chi connectivity index (χ3v) is 7.93. The molecule has 0 aromatic rings. The second-order valence-corrected chi connectivity index (χ2v) is 7.97. The number of rotatable bonds is 0. The molecule has 0 aromatic heterocycles. The normalized spacial score (nSPS) is 83.3. The second-order valence-electron chi connectivity index (χ2n) is 7.97. The fraction of sp³-hybridized carbons (Fsp3) is 1.00. The van der Waals surface area contributed by atoms with E-state index < -0.39 is 0 Å². The van der Waals surface area contributed by atoms with Gasteiger partial charge < -0.3 is 9.47 Å². The maximum atomic E-state index is 5.91. The summed E-state index contributed by atoms with van der Waals surface area (Å²) in [6.45, 7) is 0. The van der Waals surface area contributed by atoms with Gasteiger partial charge in [0.2, 0.25) is 0 Å². The van der Waals surface area contributed by atoms with E-state index in [1.54, 1.807) is 6.42 Å². The first kappa shape index (κ1) is 8.16. The van der Waals surface area contributed by atoms with E-state index in [1.165, 1.54) is 12.8 Å². The molecule has 7 rings (SSSR count). The van der Waals surface area contributed by atoms with Crippen LogP contribution in [0.2, 0.25) is 0 Å². The Morgan fingerprint density at radius 1 is 0.588 bits per heavy atom. The summed E-state index contributed by atoms with van der Waals surface area (Å²) in [4.78, 5) is 0. The Bertz CT molecular complexity index is 448. The van der Waals surface area contributed by atoms with Gasteiger partial charge in [-0.15, -0.1) is 0 Å². The van der Waals surface area contributed by atoms with Crippen LogP contribution in [0.15, 0.2) is 0 Å². The van der Waals surface area contributed by atoms with Crippen molar-refractivity contribution in [3.63, 3.8) is 0 Å². The lowest BCUT2D eigenvalue weighted by Gasteiger charge is -2.56. The van der Waals surface area contributed by atoms with E-state index in [0.717, 1.165) is 59.6 Å². The van der Waals surface area contributed by atoms with Crippen molar-refractivity contribution in [2.45, 2.75) is 43.7 Å². The molecule has 7 fully saturated rings. The molecule has 0 radical (unpaired) electrons. The number of epoxide rings is 2. The highest BCUT2D eigenvalue weighted by atomic mass is 16.6. The number of fused-ring (bicyclic) bond motifs is 15. The molecule has 17 heavy (non-hydrogen) atoms. The first-order valence-electron chi connectivity index (χ1n) is 7.73. The summed E-state index contributed by atoms with van der Waals surface area (Å²) < 4.78 is 11.7. The third-order valence-electron chi connectivity index (χ3n) is 7.93. The molecule has 0 N–H and O–H groups in total. The van der Waals surface area contributed by atoms with Crippen LogP contribution in [-0.4, -0.2) is 24.4 Å². The number of ether oxygens (including phenoxy) is 2. The Kier molecular flexibility index (Phi) is 1.02. The zero-order valence-corrected chi connectivity index (χ0v) is 9.87. The van der Waals surface area contributed by atoms with Crippen LogP contribution in [0.25, 0.3) is 0 Å². The van der Waals surface area contributed by atoms with Gasteiger partial charge in [0.25, 0.3) is 0 Å². The molecule has 5 aliphatic carbocycles. The van der Waals surface area contributed by atoms with E-state index in [2.05, 4.69) is 0 Å². The minimum absolute atomic E-state index is 0.699. The molecule has 0 aromatic carbocycles. The molecule has 5 saturated carbocycles. The van der Waals surface area contributed by atoms with Crippen molar-refractivity contribution < 1.29 is 9.47 Å². The van der Waals surface area contributed by atoms with Gasteiger partial charge >= 0.3 is 0 Å². The van der Waals surface area contributed by atoms with Gasteiger partial charge in [0.05, 0.1) is 24.4 Å². The zero-order chi connectivity index (χ0) is 10.5. The van der Waals surface area contributed by atoms with Crippen LogP contribution < -0.4 is 0 Å². The van der Waals surface area contributed by atoms with E-state index in [-0.39, 0.29) is 0 Å². The van der Waals surface area contributed by atoms with Gasteiger partial charge in [0.15, 0.2) is 0 Å². The summed E-state index contributed by atoms with van der Waals surface area (Å²) in [6, 6.07) is 0. The van der Waals surface area contributed by atoms with Gasteiger partial charge in [-0.1, -0.05) is 0 Å². The molecule has 90 valence electrons. The topological polar surface area (TPSA) is 25.1 Å². The monoisotopic (exact) mass is 230 g/mol. The Hall–Kier alpha value is -0.0800. The highest BCUT2D eigenvalue weighted by molar-refractivity contribution is 5.27. The van der Waals surface area contributed by atoms with Crippen molar-refractivity contribution in [3.8, 4) is 0 Å². The standard InChI is InChI=1S/C15H18O2/c1-4-2-8-13(16-8)7(1)9-5(4)3-6-10(9)12-11(6)14-15(12)17-14/h4-15H,1-3H2. The predicted octanol–water partition coefficient (Wildman–Crippen LogP) is 1.69. The quantitative estimate of drug-likeness (QED) is 0.592. The van der Waals surface area contributed by atoms with Crippen molar-refractivity contribution in [3.05, 3.63) is 0 Å². The minimum Gasteiger partial charge on any atom is -0.369 e. The van der Waals surface area contributed by atoms with Crippen LogP contribution in [0.3, 0.4) is 0 Å². The zero-order valence-electron chi connectivity index (χ0n) is 9.87. The van der Waals surface area contributed by atoms with Crippen LogP contribution in [0.4, 0.5) is 0 Å². The molecular weight excluding hydrogens is 212 g/mol. The lowest BCUT2D eigenvalue weighted by Crippen LogP contribution is -2.59. The fourth-order valence-electron chi connectivity index (χ4n) is 7.50. The van der Waals surface area contributed by atoms with Gasteiger partial charge in [-0.25, -0.2) is 0 Å². The maximum Gasteiger partial charge on any atom is 0.0879 e. The molecule has 2 aliphatic heterocycles. The van der Waals surface area contributed by atoms with Crippen LogP contribution in [0.5, 0.6) is 0 Å². The molecule has 2 bridgehead atoms. The highest BCUT2D eigenvalue weighted by Crippen LogP contribution is 2.78. The van der Waals surface area contributed by atoms with Gasteiger partial charge in [-0.2, -0.15) is 0 Å². The van der Waals surface area contributed by atoms with Crippen molar-refractivity contribution >= 4 is 0 Å². The molecular formula is C15H18O2. The summed E-state index contributed by atoms with van der Waals surface area (Å²) in [5, 5.41) is 0. The molecule has 2 nitrogen and oxygen atoms in total. The van der Waals surface area contributed by atoms with Gasteiger partial charge in [-0.05, 0) is 66.6 Å². The molecule has 0 spiro atoms. The maximum absolute atomic E-state index is 5.91. The Labute approximate surface area is 101 Å². The van der Waals surface area contributed by atoms with Crippen LogP contribution >= 0.6 is 0 Å². The first-order valence-corrected chi connectivity index (χ1v) is 7.73. The summed E-state index contributed by atoms with van der Waals surface area (Å²) in [7, 11) is 0. The lowest BCUT2D eigenvalue weighted by molar-refractivity contribution is -0.0776. The van der Waals surface area contributed by atoms with E-state index >= 15 is 0 Å². The van der Waals surface area contributed by atoms with E-state index in [9.17, 15) is 0 Å². The highest BCUT2D eigenvalue weighted by Gasteiger charge is 2.81. The third kappa shape index (κ3) is 0.669. The van der Waals surface area contributed by atoms with Crippen molar-refractivity contribution in [1.82, 2.24) is 0 Å². The number of hydrogen-bond donors (Lipinski definition) is 0. The molecule has 2 heterocycles. The fourth-order valence-corrected chi connectivity index (χ4v) is 7.50. The SMILES string of the molecule is C1C2CC(C3OC13)C1C2CC2C3C4OC4C3C21. The predicted molar refractivity (Wildman–Crippen MR) is 59.1 cm³/mol. The first-order chi connectivity index (χ1) is 8.42. The molecule has 2 saturated heterocycles. The van der Waals surface area contributed by atoms with Crippen molar-refractivity contribution in [2.24, 2.45) is 47.3 Å². The number of hydrogen-bond acceptors (Lipinski definition) is 2. The van der Waals surface area contributed by atoms with Gasteiger partial charge in [0, 0.05) is 0 Å². The Balaban J connectivity index is 1.34. The molecule has 12 unspecified atom stereocenters. The molecule has 2 heteroatoms. The molecule has 7 aliphatic rings. The molecule has 12 atom stereocenters. The van der Waals surface area contributed by atoms with Gasteiger partial charge in [-0.3, -0.25) is 0 Å². The second kappa shape index (κ2) is 2.12. The van der Waals surface area contributed by atoms with Crippen molar-refractivity contribution in [1.29, 1.82) is 0 Å². The van der Waals surface area contributed by atoms with E-state index in [0.29, 0.717) is 12.2 Å².